The maximum Gasteiger partial charge on any atom is 0.243 e. The minimum absolute atomic E-state index is 0.210. The van der Waals surface area contributed by atoms with E-state index >= 15 is 0 Å². The lowest BCUT2D eigenvalue weighted by molar-refractivity contribution is 0.353. The van der Waals surface area contributed by atoms with Gasteiger partial charge in [-0.2, -0.15) is 17.2 Å². The van der Waals surface area contributed by atoms with Crippen LogP contribution < -0.4 is 5.32 Å². The Labute approximate surface area is 402 Å². The van der Waals surface area contributed by atoms with Crippen LogP contribution in [-0.2, 0) is 40.1 Å². The van der Waals surface area contributed by atoms with Gasteiger partial charge in [0.05, 0.1) is 19.6 Å². The summed E-state index contributed by atoms with van der Waals surface area (Å²) in [7, 11) is -15.1. The molecule has 1 N–H and O–H groups in total. The molecule has 67 heavy (non-hydrogen) atoms. The van der Waals surface area contributed by atoms with E-state index in [2.05, 4.69) is 5.32 Å². The Balaban J connectivity index is 1.03. The first-order chi connectivity index (χ1) is 31.9. The summed E-state index contributed by atoms with van der Waals surface area (Å²) in [5, 5.41) is 3.39. The molecule has 0 heterocycles. The van der Waals surface area contributed by atoms with Gasteiger partial charge in [-0.15, -0.1) is 0 Å². The smallest absolute Gasteiger partial charge is 0.243 e. The third-order valence-electron chi connectivity index (χ3n) is 12.6. The molecule has 13 nitrogen and oxygen atoms in total. The van der Waals surface area contributed by atoms with E-state index in [4.69, 9.17) is 0 Å². The van der Waals surface area contributed by atoms with Crippen LogP contribution in [-0.4, -0.2) is 116 Å². The average Bonchev–Trinajstić information content (AvgIpc) is 4.24. The van der Waals surface area contributed by atoms with Crippen LogP contribution in [0.2, 0.25) is 0 Å². The number of hydrogen-bond acceptors (Lipinski definition) is 9. The van der Waals surface area contributed by atoms with Gasteiger partial charge in [-0.3, -0.25) is 0 Å². The fourth-order valence-corrected chi connectivity index (χ4v) is 14.1. The molecule has 2 fully saturated rings. The van der Waals surface area contributed by atoms with Crippen LogP contribution in [0.3, 0.4) is 0 Å². The molecule has 0 saturated heterocycles. The monoisotopic (exact) mass is 997 g/mol. The van der Waals surface area contributed by atoms with Crippen LogP contribution in [0.5, 0.6) is 0 Å². The molecule has 4 aromatic carbocycles. The number of rotatable bonds is 30. The molecule has 4 aromatic rings. The Hall–Kier alpha value is -3.52. The summed E-state index contributed by atoms with van der Waals surface area (Å²) in [6.07, 6.45) is 7.01. The Bertz CT molecular complexity index is 2450. The molecule has 0 bridgehead atoms. The van der Waals surface area contributed by atoms with Gasteiger partial charge in [0.25, 0.3) is 0 Å². The van der Waals surface area contributed by atoms with Crippen LogP contribution >= 0.6 is 0 Å². The lowest BCUT2D eigenvalue weighted by Crippen LogP contribution is -2.37. The Kier molecular flexibility index (Phi) is 18.8. The highest BCUT2D eigenvalue weighted by Crippen LogP contribution is 2.33. The van der Waals surface area contributed by atoms with E-state index in [0.29, 0.717) is 89.6 Å². The Morgan fingerprint density at radius 2 is 0.582 bits per heavy atom. The standard InChI is InChI=1S/C50H71N5O8S4/c1-41-11-23-47(24-12-41)64(56,57)52(33-5-7-35-54(39-45-19-20-45)66(60,61)49-27-15-43(3)16-28-49)37-9-31-51-32-10-38-53(65(58,59)48-25-13-42(2)14-26-48)34-6-8-36-55(40-46-21-22-46)67(62,63)50-29-17-44(4)18-30-50/h11-18,23-30,45-46,51H,5-10,19-22,31-40H2,1-4H3. The lowest BCUT2D eigenvalue weighted by atomic mass is 10.2. The number of benzene rings is 4. The third kappa shape index (κ3) is 15.2. The molecule has 0 spiro atoms. The first-order valence-electron chi connectivity index (χ1n) is 23.9. The van der Waals surface area contributed by atoms with Gasteiger partial charge in [-0.1, -0.05) is 70.8 Å². The molecule has 0 amide bonds. The van der Waals surface area contributed by atoms with Crippen LogP contribution in [0.4, 0.5) is 0 Å². The first-order valence-corrected chi connectivity index (χ1v) is 29.6. The van der Waals surface area contributed by atoms with Gasteiger partial charge < -0.3 is 5.32 Å². The topological polar surface area (TPSA) is 162 Å². The molecular formula is C50H71N5O8S4. The predicted octanol–water partition coefficient (Wildman–Crippen LogP) is 7.73. The van der Waals surface area contributed by atoms with Gasteiger partial charge >= 0.3 is 0 Å². The molecule has 0 unspecified atom stereocenters. The van der Waals surface area contributed by atoms with Crippen LogP contribution in [0.25, 0.3) is 0 Å². The number of hydrogen-bond donors (Lipinski definition) is 1. The molecule has 368 valence electrons. The zero-order valence-corrected chi connectivity index (χ0v) is 43.0. The molecule has 2 aliphatic rings. The quantitative estimate of drug-likeness (QED) is 0.0516. The first kappa shape index (κ1) is 52.8. The van der Waals surface area contributed by atoms with Gasteiger partial charge in [-0.05, 0) is 165 Å². The molecule has 2 aliphatic carbocycles. The van der Waals surface area contributed by atoms with Gasteiger partial charge in [-0.25, -0.2) is 33.7 Å². The lowest BCUT2D eigenvalue weighted by Gasteiger charge is -2.25. The Morgan fingerprint density at radius 3 is 0.836 bits per heavy atom. The largest absolute Gasteiger partial charge is 0.317 e. The molecule has 0 radical (unpaired) electrons. The van der Waals surface area contributed by atoms with E-state index in [1.165, 1.54) is 8.61 Å². The van der Waals surface area contributed by atoms with Crippen molar-refractivity contribution in [1.82, 2.24) is 22.5 Å². The van der Waals surface area contributed by atoms with Crippen molar-refractivity contribution >= 4 is 40.1 Å². The number of nitrogens with zero attached hydrogens (tertiary/aromatic N) is 4. The fraction of sp³-hybridized carbons (Fsp3) is 0.520. The zero-order valence-electron chi connectivity index (χ0n) is 39.7. The van der Waals surface area contributed by atoms with Crippen molar-refractivity contribution in [3.63, 3.8) is 0 Å². The molecule has 17 heteroatoms. The van der Waals surface area contributed by atoms with Crippen molar-refractivity contribution in [3.8, 4) is 0 Å². The van der Waals surface area contributed by atoms with Crippen molar-refractivity contribution in [3.05, 3.63) is 119 Å². The summed E-state index contributed by atoms with van der Waals surface area (Å²) in [4.78, 5) is 0.958. The summed E-state index contributed by atoms with van der Waals surface area (Å²) in [5.74, 6) is 0.699. The van der Waals surface area contributed by atoms with Gasteiger partial charge in [0, 0.05) is 52.4 Å². The maximum atomic E-state index is 14.0. The van der Waals surface area contributed by atoms with Crippen molar-refractivity contribution in [2.75, 3.05) is 65.4 Å². The fourth-order valence-electron chi connectivity index (χ4n) is 7.98. The number of unbranched alkanes of at least 4 members (excludes halogenated alkanes) is 2. The summed E-state index contributed by atoms with van der Waals surface area (Å²) in [6.45, 7) is 11.2. The molecule has 2 saturated carbocycles. The molecule has 6 rings (SSSR count). The second kappa shape index (κ2) is 23.9. The average molecular weight is 998 g/mol. The van der Waals surface area contributed by atoms with E-state index in [1.807, 2.05) is 27.7 Å². The maximum absolute atomic E-state index is 14.0. The van der Waals surface area contributed by atoms with Crippen molar-refractivity contribution < 1.29 is 33.7 Å². The minimum Gasteiger partial charge on any atom is -0.317 e. The number of nitrogens with one attached hydrogen (secondary N) is 1. The summed E-state index contributed by atoms with van der Waals surface area (Å²) < 4.78 is 117. The molecule has 0 aromatic heterocycles. The van der Waals surface area contributed by atoms with Gasteiger partial charge in [0.2, 0.25) is 40.1 Å². The Morgan fingerprint density at radius 1 is 0.358 bits per heavy atom. The predicted molar refractivity (Wildman–Crippen MR) is 266 cm³/mol. The zero-order chi connectivity index (χ0) is 48.2. The second-order valence-electron chi connectivity index (χ2n) is 18.5. The van der Waals surface area contributed by atoms with Crippen LogP contribution in [0, 0.1) is 39.5 Å². The summed E-state index contributed by atoms with van der Waals surface area (Å²) in [6, 6.07) is 27.4. The summed E-state index contributed by atoms with van der Waals surface area (Å²) in [5.41, 5.74) is 3.86. The molecular weight excluding hydrogens is 927 g/mol. The second-order valence-corrected chi connectivity index (χ2v) is 26.3. The van der Waals surface area contributed by atoms with E-state index < -0.39 is 40.1 Å². The van der Waals surface area contributed by atoms with E-state index in [9.17, 15) is 33.7 Å². The highest BCUT2D eigenvalue weighted by molar-refractivity contribution is 7.90. The normalized spacial score (nSPS) is 15.0. The van der Waals surface area contributed by atoms with Crippen LogP contribution in [0.1, 0.15) is 86.5 Å². The number of aryl methyl sites for hydroxylation is 4. The third-order valence-corrected chi connectivity index (χ3v) is 20.2. The van der Waals surface area contributed by atoms with Gasteiger partial charge in [0.1, 0.15) is 0 Å². The summed E-state index contributed by atoms with van der Waals surface area (Å²) >= 11 is 0. The van der Waals surface area contributed by atoms with Crippen LogP contribution in [0.15, 0.2) is 117 Å². The van der Waals surface area contributed by atoms with E-state index in [-0.39, 0.29) is 45.8 Å². The highest BCUT2D eigenvalue weighted by Gasteiger charge is 2.33. The molecule has 0 atom stereocenters. The molecule has 0 aliphatic heterocycles. The van der Waals surface area contributed by atoms with Crippen molar-refractivity contribution in [2.45, 2.75) is 111 Å². The van der Waals surface area contributed by atoms with E-state index in [0.717, 1.165) is 47.9 Å². The van der Waals surface area contributed by atoms with E-state index in [1.54, 1.807) is 106 Å². The SMILES string of the molecule is Cc1ccc(S(=O)(=O)N(CCCCN(CC2CC2)S(=O)(=O)c2ccc(C)cc2)CCCNCCCN(CCCCN(CC2CC2)S(=O)(=O)c2ccc(C)cc2)S(=O)(=O)c2ccc(C)cc2)cc1. The number of sulfonamides is 4. The van der Waals surface area contributed by atoms with Crippen molar-refractivity contribution in [2.24, 2.45) is 11.8 Å². The van der Waals surface area contributed by atoms with Crippen molar-refractivity contribution in [1.29, 1.82) is 0 Å². The van der Waals surface area contributed by atoms with Gasteiger partial charge in [0.15, 0.2) is 0 Å². The minimum atomic E-state index is -3.84. The highest BCUT2D eigenvalue weighted by atomic mass is 32.2.